The molecule has 0 radical (unpaired) electrons. The van der Waals surface area contributed by atoms with Crippen molar-refractivity contribution >= 4 is 11.6 Å². The van der Waals surface area contributed by atoms with Crippen LogP contribution < -0.4 is 5.32 Å². The smallest absolute Gasteiger partial charge is 0.325 e. The molecule has 4 nitrogen and oxygen atoms in total. The second-order valence-corrected chi connectivity index (χ2v) is 9.58. The molecule has 1 N–H and O–H groups in total. The summed E-state index contributed by atoms with van der Waals surface area (Å²) < 4.78 is 27.7. The van der Waals surface area contributed by atoms with Gasteiger partial charge in [0, 0.05) is 11.6 Å². The first-order valence-corrected chi connectivity index (χ1v) is 11.4. The molecule has 0 spiro atoms. The number of hydrogen-bond donors (Lipinski definition) is 1. The molecule has 0 aromatic heterocycles. The molecule has 1 amide bonds. The summed E-state index contributed by atoms with van der Waals surface area (Å²) in [6.45, 7) is 3.75. The molecule has 4 rings (SSSR count). The van der Waals surface area contributed by atoms with Gasteiger partial charge >= 0.3 is 6.55 Å². The van der Waals surface area contributed by atoms with Crippen LogP contribution in [0.1, 0.15) is 76.3 Å². The molecule has 6 heteroatoms. The number of rotatable bonds is 5. The van der Waals surface area contributed by atoms with Gasteiger partial charge in [-0.2, -0.15) is 8.78 Å². The number of nitrogens with one attached hydrogen (secondary N) is 1. The predicted octanol–water partition coefficient (Wildman–Crippen LogP) is 6.27. The van der Waals surface area contributed by atoms with E-state index < -0.39 is 18.5 Å². The highest BCUT2D eigenvalue weighted by molar-refractivity contribution is 5.96. The van der Waals surface area contributed by atoms with Gasteiger partial charge in [0.15, 0.2) is 0 Å². The first kappa shape index (κ1) is 22.0. The van der Waals surface area contributed by atoms with Gasteiger partial charge in [0.25, 0.3) is 0 Å². The van der Waals surface area contributed by atoms with Gasteiger partial charge < -0.3 is 10.2 Å². The zero-order valence-electron chi connectivity index (χ0n) is 18.5. The van der Waals surface area contributed by atoms with E-state index in [-0.39, 0.29) is 11.3 Å². The average molecular weight is 431 g/mol. The van der Waals surface area contributed by atoms with Crippen LogP contribution in [0, 0.1) is 5.92 Å². The molecule has 3 atom stereocenters. The fourth-order valence-corrected chi connectivity index (χ4v) is 5.46. The third-order valence-electron chi connectivity index (χ3n) is 6.92. The number of hydrogen-bond acceptors (Lipinski definition) is 3. The van der Waals surface area contributed by atoms with Gasteiger partial charge in [-0.1, -0.05) is 56.5 Å². The first-order chi connectivity index (χ1) is 14.8. The minimum atomic E-state index is -2.88. The van der Waals surface area contributed by atoms with Gasteiger partial charge in [-0.3, -0.25) is 4.79 Å². The van der Waals surface area contributed by atoms with E-state index in [0.29, 0.717) is 29.6 Å². The highest BCUT2D eigenvalue weighted by Gasteiger charge is 2.41. The SMILES string of the molecule is CCCC1CC(C)(C)c2cccc(NC(=O)C3CCC4CC=CC=C4ON3C(F)F)c21. The van der Waals surface area contributed by atoms with Crippen molar-refractivity contribution in [2.45, 2.75) is 83.2 Å². The Kier molecular flexibility index (Phi) is 6.20. The van der Waals surface area contributed by atoms with E-state index in [1.165, 1.54) is 11.1 Å². The Morgan fingerprint density at radius 3 is 2.87 bits per heavy atom. The number of allylic oxidation sites excluding steroid dienone is 4. The molecule has 1 aromatic carbocycles. The zero-order chi connectivity index (χ0) is 22.2. The molecule has 3 unspecified atom stereocenters. The van der Waals surface area contributed by atoms with E-state index in [0.717, 1.165) is 31.4 Å². The number of fused-ring (bicyclic) bond motifs is 2. The van der Waals surface area contributed by atoms with Gasteiger partial charge in [0.05, 0.1) is 0 Å². The summed E-state index contributed by atoms with van der Waals surface area (Å²) in [7, 11) is 0. The standard InChI is InChI=1S/C25H32F2N2O2/c1-4-8-17-15-25(2,3)18-10-7-11-19(22(17)18)28-23(30)20-14-13-16-9-5-6-12-21(16)31-29(20)24(26)27/h5-7,10-12,16-17,20,24H,4,8-9,13-15H2,1-3H3,(H,28,30). The molecule has 0 bridgehead atoms. The first-order valence-electron chi connectivity index (χ1n) is 11.4. The Hall–Kier alpha value is -2.21. The fourth-order valence-electron chi connectivity index (χ4n) is 5.46. The normalized spacial score (nSPS) is 27.2. The highest BCUT2D eigenvalue weighted by atomic mass is 19.3. The van der Waals surface area contributed by atoms with E-state index in [9.17, 15) is 13.6 Å². The molecule has 3 aliphatic rings. The number of carbonyl (C=O) groups is 1. The summed E-state index contributed by atoms with van der Waals surface area (Å²) >= 11 is 0. The van der Waals surface area contributed by atoms with Crippen LogP contribution in [0.2, 0.25) is 0 Å². The maximum absolute atomic E-state index is 13.9. The van der Waals surface area contributed by atoms with Gasteiger partial charge in [0.1, 0.15) is 11.8 Å². The molecule has 1 aliphatic heterocycles. The van der Waals surface area contributed by atoms with Crippen LogP contribution in [-0.2, 0) is 15.0 Å². The lowest BCUT2D eigenvalue weighted by molar-refractivity contribution is -0.247. The molecule has 1 heterocycles. The van der Waals surface area contributed by atoms with E-state index >= 15 is 0 Å². The topological polar surface area (TPSA) is 41.6 Å². The average Bonchev–Trinajstić information content (AvgIpc) is 2.88. The van der Waals surface area contributed by atoms with Crippen LogP contribution >= 0.6 is 0 Å². The second-order valence-electron chi connectivity index (χ2n) is 9.58. The number of hydroxylamine groups is 2. The van der Waals surface area contributed by atoms with Crippen LogP contribution in [0.5, 0.6) is 0 Å². The number of alkyl halides is 2. The Bertz CT molecular complexity index is 894. The minimum absolute atomic E-state index is 0.0332. The minimum Gasteiger partial charge on any atom is -0.404 e. The zero-order valence-corrected chi connectivity index (χ0v) is 18.5. The van der Waals surface area contributed by atoms with Gasteiger partial charge in [-0.05, 0) is 66.7 Å². The summed E-state index contributed by atoms with van der Waals surface area (Å²) in [5, 5.41) is 3.58. The van der Waals surface area contributed by atoms with Crippen molar-refractivity contribution in [1.29, 1.82) is 0 Å². The summed E-state index contributed by atoms with van der Waals surface area (Å²) in [4.78, 5) is 18.8. The van der Waals surface area contributed by atoms with Gasteiger partial charge in [-0.15, -0.1) is 0 Å². The number of anilines is 1. The lowest BCUT2D eigenvalue weighted by atomic mass is 9.85. The maximum Gasteiger partial charge on any atom is 0.325 e. The molecule has 1 saturated heterocycles. The number of amides is 1. The monoisotopic (exact) mass is 430 g/mol. The Balaban J connectivity index is 1.60. The van der Waals surface area contributed by atoms with Crippen LogP contribution in [0.4, 0.5) is 14.5 Å². The molecule has 1 aromatic rings. The van der Waals surface area contributed by atoms with Crippen LogP contribution in [0.3, 0.4) is 0 Å². The summed E-state index contributed by atoms with van der Waals surface area (Å²) in [6, 6.07) is 4.94. The molecule has 168 valence electrons. The van der Waals surface area contributed by atoms with Gasteiger partial charge in [0.2, 0.25) is 5.91 Å². The lowest BCUT2D eigenvalue weighted by Gasteiger charge is -2.28. The van der Waals surface area contributed by atoms with Crippen molar-refractivity contribution in [3.05, 3.63) is 53.3 Å². The summed E-state index contributed by atoms with van der Waals surface area (Å²) in [6.07, 6.45) is 10.4. The van der Waals surface area contributed by atoms with Crippen LogP contribution in [0.15, 0.2) is 42.2 Å². The Labute approximate surface area is 183 Å². The van der Waals surface area contributed by atoms with E-state index in [1.54, 1.807) is 6.08 Å². The number of halogens is 2. The predicted molar refractivity (Wildman–Crippen MR) is 118 cm³/mol. The molecule has 2 aliphatic carbocycles. The highest BCUT2D eigenvalue weighted by Crippen LogP contribution is 2.50. The molecule has 0 saturated carbocycles. The molecule has 31 heavy (non-hydrogen) atoms. The molecule has 1 fully saturated rings. The molecular weight excluding hydrogens is 398 g/mol. The van der Waals surface area contributed by atoms with E-state index in [1.807, 2.05) is 24.3 Å². The largest absolute Gasteiger partial charge is 0.404 e. The number of carbonyl (C=O) groups excluding carboxylic acids is 1. The van der Waals surface area contributed by atoms with Crippen molar-refractivity contribution in [3.8, 4) is 0 Å². The number of benzene rings is 1. The molecular formula is C25H32F2N2O2. The third kappa shape index (κ3) is 4.27. The van der Waals surface area contributed by atoms with E-state index in [4.69, 9.17) is 4.84 Å². The van der Waals surface area contributed by atoms with E-state index in [2.05, 4.69) is 32.2 Å². The third-order valence-corrected chi connectivity index (χ3v) is 6.92. The summed E-state index contributed by atoms with van der Waals surface area (Å²) in [5.74, 6) is 0.492. The summed E-state index contributed by atoms with van der Waals surface area (Å²) in [5.41, 5.74) is 3.20. The van der Waals surface area contributed by atoms with Crippen molar-refractivity contribution in [3.63, 3.8) is 0 Å². The Morgan fingerprint density at radius 1 is 1.32 bits per heavy atom. The lowest BCUT2D eigenvalue weighted by Crippen LogP contribution is -2.45. The van der Waals surface area contributed by atoms with Crippen molar-refractivity contribution in [2.24, 2.45) is 5.92 Å². The number of nitrogens with zero attached hydrogens (tertiary/aromatic N) is 1. The maximum atomic E-state index is 13.9. The van der Waals surface area contributed by atoms with Crippen LogP contribution in [0.25, 0.3) is 0 Å². The van der Waals surface area contributed by atoms with Crippen molar-refractivity contribution in [1.82, 2.24) is 5.06 Å². The van der Waals surface area contributed by atoms with Crippen molar-refractivity contribution in [2.75, 3.05) is 5.32 Å². The van der Waals surface area contributed by atoms with Crippen molar-refractivity contribution < 1.29 is 18.4 Å². The second kappa shape index (κ2) is 8.73. The van der Waals surface area contributed by atoms with Gasteiger partial charge in [-0.25, -0.2) is 0 Å². The van der Waals surface area contributed by atoms with Crippen LogP contribution in [-0.4, -0.2) is 23.6 Å². The quantitative estimate of drug-likeness (QED) is 0.560. The fraction of sp³-hybridized carbons (Fsp3) is 0.560. The Morgan fingerprint density at radius 2 is 2.13 bits per heavy atom.